The van der Waals surface area contributed by atoms with Crippen molar-refractivity contribution < 1.29 is 4.21 Å². The van der Waals surface area contributed by atoms with E-state index in [1.807, 2.05) is 0 Å². The molecule has 0 aliphatic carbocycles. The summed E-state index contributed by atoms with van der Waals surface area (Å²) in [6, 6.07) is 5.23. The normalized spacial score (nSPS) is 12.8. The smallest absolute Gasteiger partial charge is 0.0503 e. The first kappa shape index (κ1) is 9.55. The molecule has 0 aromatic heterocycles. The van der Waals surface area contributed by atoms with E-state index in [9.17, 15) is 4.21 Å². The van der Waals surface area contributed by atoms with Crippen LogP contribution in [0.4, 0.5) is 5.69 Å². The van der Waals surface area contributed by atoms with Crippen LogP contribution in [0.5, 0.6) is 0 Å². The summed E-state index contributed by atoms with van der Waals surface area (Å²) < 4.78 is 10.9. The summed E-state index contributed by atoms with van der Waals surface area (Å²) in [6.07, 6.45) is 1.65. The summed E-state index contributed by atoms with van der Waals surface area (Å²) in [7, 11) is -0.857. The molecule has 1 atom stereocenters. The van der Waals surface area contributed by atoms with Gasteiger partial charge in [0, 0.05) is 27.8 Å². The van der Waals surface area contributed by atoms with Gasteiger partial charge in [-0.25, -0.2) is 0 Å². The van der Waals surface area contributed by atoms with E-state index < -0.39 is 10.8 Å². The molecule has 0 radical (unpaired) electrons. The molecule has 1 rings (SSSR count). The minimum atomic E-state index is -0.857. The van der Waals surface area contributed by atoms with Crippen molar-refractivity contribution in [2.75, 3.05) is 12.0 Å². The zero-order chi connectivity index (χ0) is 9.14. The molecule has 1 aromatic carbocycles. The van der Waals surface area contributed by atoms with Gasteiger partial charge in [-0.1, -0.05) is 17.7 Å². The molecule has 12 heavy (non-hydrogen) atoms. The number of halogens is 1. The summed E-state index contributed by atoms with van der Waals surface area (Å²) in [5, 5.41) is 0.609. The molecule has 66 valence electrons. The lowest BCUT2D eigenvalue weighted by atomic mass is 10.2. The van der Waals surface area contributed by atoms with Crippen LogP contribution in [0.15, 0.2) is 18.2 Å². The Morgan fingerprint density at radius 3 is 2.75 bits per heavy atom. The van der Waals surface area contributed by atoms with Gasteiger partial charge in [-0.3, -0.25) is 4.21 Å². The molecule has 0 fully saturated rings. The molecule has 0 spiro atoms. The number of benzene rings is 1. The molecular formula is C8H10ClNOS. The largest absolute Gasteiger partial charge is 0.398 e. The van der Waals surface area contributed by atoms with E-state index in [2.05, 4.69) is 0 Å². The van der Waals surface area contributed by atoms with Gasteiger partial charge in [0.1, 0.15) is 0 Å². The first-order valence-corrected chi connectivity index (χ1v) is 5.54. The maximum atomic E-state index is 10.9. The number of anilines is 1. The van der Waals surface area contributed by atoms with E-state index in [1.54, 1.807) is 24.5 Å². The van der Waals surface area contributed by atoms with Crippen molar-refractivity contribution in [3.05, 3.63) is 28.8 Å². The van der Waals surface area contributed by atoms with Gasteiger partial charge in [-0.15, -0.1) is 0 Å². The quantitative estimate of drug-likeness (QED) is 0.745. The van der Waals surface area contributed by atoms with Crippen LogP contribution in [0, 0.1) is 0 Å². The average molecular weight is 204 g/mol. The molecule has 0 saturated carbocycles. The fourth-order valence-electron chi connectivity index (χ4n) is 0.916. The van der Waals surface area contributed by atoms with Gasteiger partial charge < -0.3 is 5.73 Å². The SMILES string of the molecule is CS(=O)Cc1ccc(Cl)cc1N. The molecule has 1 aromatic rings. The van der Waals surface area contributed by atoms with E-state index in [4.69, 9.17) is 17.3 Å². The minimum absolute atomic E-state index is 0.489. The molecule has 0 heterocycles. The highest BCUT2D eigenvalue weighted by molar-refractivity contribution is 7.83. The van der Waals surface area contributed by atoms with Crippen LogP contribution in [-0.2, 0) is 16.6 Å². The second kappa shape index (κ2) is 3.92. The molecule has 1 unspecified atom stereocenters. The fourth-order valence-corrected chi connectivity index (χ4v) is 1.80. The first-order valence-electron chi connectivity index (χ1n) is 3.43. The first-order chi connectivity index (χ1) is 5.59. The molecule has 0 amide bonds. The summed E-state index contributed by atoms with van der Waals surface area (Å²) in [4.78, 5) is 0. The topological polar surface area (TPSA) is 43.1 Å². The molecular weight excluding hydrogens is 194 g/mol. The fraction of sp³-hybridized carbons (Fsp3) is 0.250. The highest BCUT2D eigenvalue weighted by atomic mass is 35.5. The van der Waals surface area contributed by atoms with Crippen LogP contribution in [0.25, 0.3) is 0 Å². The highest BCUT2D eigenvalue weighted by Gasteiger charge is 2.01. The molecule has 0 bridgehead atoms. The van der Waals surface area contributed by atoms with Gasteiger partial charge in [0.25, 0.3) is 0 Å². The molecule has 2 N–H and O–H groups in total. The van der Waals surface area contributed by atoms with Gasteiger partial charge >= 0.3 is 0 Å². The van der Waals surface area contributed by atoms with Crippen LogP contribution in [0.1, 0.15) is 5.56 Å². The Hall–Kier alpha value is -0.540. The van der Waals surface area contributed by atoms with Crippen molar-refractivity contribution in [2.45, 2.75) is 5.75 Å². The van der Waals surface area contributed by atoms with E-state index in [1.165, 1.54) is 0 Å². The summed E-state index contributed by atoms with van der Waals surface area (Å²) >= 11 is 5.70. The van der Waals surface area contributed by atoms with E-state index >= 15 is 0 Å². The third-order valence-electron chi connectivity index (χ3n) is 1.47. The molecule has 0 saturated heterocycles. The Labute approximate surface area is 79.2 Å². The van der Waals surface area contributed by atoms with E-state index in [0.717, 1.165) is 5.56 Å². The van der Waals surface area contributed by atoms with Crippen molar-refractivity contribution in [3.63, 3.8) is 0 Å². The Kier molecular flexibility index (Phi) is 3.12. The zero-order valence-electron chi connectivity index (χ0n) is 6.71. The van der Waals surface area contributed by atoms with Crippen molar-refractivity contribution in [2.24, 2.45) is 0 Å². The highest BCUT2D eigenvalue weighted by Crippen LogP contribution is 2.18. The summed E-state index contributed by atoms with van der Waals surface area (Å²) in [6.45, 7) is 0. The Balaban J connectivity index is 2.93. The van der Waals surface area contributed by atoms with Gasteiger partial charge in [0.2, 0.25) is 0 Å². The maximum Gasteiger partial charge on any atom is 0.0503 e. The average Bonchev–Trinajstić information content (AvgIpc) is 1.94. The van der Waals surface area contributed by atoms with Crippen molar-refractivity contribution in [3.8, 4) is 0 Å². The molecule has 0 aliphatic rings. The number of hydrogen-bond acceptors (Lipinski definition) is 2. The Bertz CT molecular complexity index is 314. The van der Waals surface area contributed by atoms with Gasteiger partial charge in [0.15, 0.2) is 0 Å². The molecule has 0 aliphatic heterocycles. The van der Waals surface area contributed by atoms with E-state index in [0.29, 0.717) is 16.5 Å². The summed E-state index contributed by atoms with van der Waals surface area (Å²) in [5.74, 6) is 0.489. The van der Waals surface area contributed by atoms with Crippen LogP contribution in [0.3, 0.4) is 0 Å². The predicted octanol–water partition coefficient (Wildman–Crippen LogP) is 1.80. The number of nitrogens with two attached hydrogens (primary N) is 1. The van der Waals surface area contributed by atoms with Crippen molar-refractivity contribution in [1.29, 1.82) is 0 Å². The standard InChI is InChI=1S/C8H10ClNOS/c1-12(11)5-6-2-3-7(9)4-8(6)10/h2-4H,5,10H2,1H3. The molecule has 2 nitrogen and oxygen atoms in total. The van der Waals surface area contributed by atoms with Gasteiger partial charge in [0.05, 0.1) is 5.75 Å². The predicted molar refractivity (Wildman–Crippen MR) is 53.6 cm³/mol. The third kappa shape index (κ3) is 2.50. The van der Waals surface area contributed by atoms with Gasteiger partial charge in [-0.2, -0.15) is 0 Å². The maximum absolute atomic E-state index is 10.9. The third-order valence-corrected chi connectivity index (χ3v) is 2.42. The van der Waals surface area contributed by atoms with Gasteiger partial charge in [-0.05, 0) is 17.7 Å². The monoisotopic (exact) mass is 203 g/mol. The van der Waals surface area contributed by atoms with Crippen LogP contribution >= 0.6 is 11.6 Å². The van der Waals surface area contributed by atoms with Crippen molar-refractivity contribution in [1.82, 2.24) is 0 Å². The zero-order valence-corrected chi connectivity index (χ0v) is 8.28. The van der Waals surface area contributed by atoms with Crippen LogP contribution < -0.4 is 5.73 Å². The second-order valence-corrected chi connectivity index (χ2v) is 4.43. The summed E-state index contributed by atoms with van der Waals surface area (Å²) in [5.41, 5.74) is 7.15. The van der Waals surface area contributed by atoms with Crippen LogP contribution in [-0.4, -0.2) is 10.5 Å². The van der Waals surface area contributed by atoms with Crippen LogP contribution in [0.2, 0.25) is 5.02 Å². The van der Waals surface area contributed by atoms with Crippen molar-refractivity contribution >= 4 is 28.1 Å². The van der Waals surface area contributed by atoms with E-state index in [-0.39, 0.29) is 0 Å². The number of nitrogen functional groups attached to an aromatic ring is 1. The lowest BCUT2D eigenvalue weighted by molar-refractivity contribution is 0.686. The molecule has 4 heteroatoms. The Morgan fingerprint density at radius 2 is 2.25 bits per heavy atom. The second-order valence-electron chi connectivity index (χ2n) is 2.56. The lowest BCUT2D eigenvalue weighted by Gasteiger charge is -2.02. The Morgan fingerprint density at radius 1 is 1.58 bits per heavy atom. The lowest BCUT2D eigenvalue weighted by Crippen LogP contribution is -1.97. The number of rotatable bonds is 2. The number of hydrogen-bond donors (Lipinski definition) is 1. The minimum Gasteiger partial charge on any atom is -0.398 e.